The Labute approximate surface area is 553 Å². The van der Waals surface area contributed by atoms with E-state index in [0.717, 1.165) is 47.1 Å². The average molecular weight is 1280 g/mol. The lowest BCUT2D eigenvalue weighted by Crippen LogP contribution is -2.27. The Morgan fingerprint density at radius 1 is 0.337 bits per heavy atom. The van der Waals surface area contributed by atoms with E-state index in [1.165, 1.54) is 97.1 Å². The first kappa shape index (κ1) is 66.3. The van der Waals surface area contributed by atoms with Crippen LogP contribution in [0.15, 0.2) is 340 Å². The zero-order chi connectivity index (χ0) is 66.4. The van der Waals surface area contributed by atoms with Crippen LogP contribution in [-0.2, 0) is 16.5 Å². The molecule has 0 fully saturated rings. The molecule has 0 aliphatic carbocycles. The smallest absolute Gasteiger partial charge is 0.508 e. The molecule has 0 aliphatic heterocycles. The molecule has 95 heavy (non-hydrogen) atoms. The van der Waals surface area contributed by atoms with Gasteiger partial charge in [0.2, 0.25) is 0 Å². The van der Waals surface area contributed by atoms with E-state index < -0.39 is 21.4 Å². The van der Waals surface area contributed by atoms with Gasteiger partial charge in [-0.25, -0.2) is 0 Å². The quantitative estimate of drug-likeness (QED) is 0.0755. The Morgan fingerprint density at radius 3 is 1.05 bits per heavy atom. The third-order valence-corrected chi connectivity index (χ3v) is 16.4. The van der Waals surface area contributed by atoms with Crippen LogP contribution >= 0.6 is 0 Å². The number of hydrogen-bond acceptors (Lipinski definition) is 8. The summed E-state index contributed by atoms with van der Waals surface area (Å²) < 4.78 is 75.9. The number of nitrogens with zero attached hydrogens (tertiary/aromatic N) is 1. The maximum Gasteiger partial charge on any atom is 0.534 e. The van der Waals surface area contributed by atoms with E-state index in [4.69, 9.17) is 19.3 Å². The number of hydrogen-bond donors (Lipinski definition) is 1. The second-order valence-electron chi connectivity index (χ2n) is 21.6. The minimum atomic E-state index is -5.61. The van der Waals surface area contributed by atoms with Crippen LogP contribution < -0.4 is 23.3 Å². The second-order valence-corrected chi connectivity index (χ2v) is 23.1. The number of phenols is 1. The molecular weight excluding hydrogens is 1210 g/mol. The van der Waals surface area contributed by atoms with E-state index in [-0.39, 0.29) is 5.75 Å². The maximum absolute atomic E-state index is 11.9. The molecule has 12 heteroatoms. The number of methoxy groups -OCH3 is 3. The van der Waals surface area contributed by atoms with Gasteiger partial charge >= 0.3 is 15.6 Å². The summed E-state index contributed by atoms with van der Waals surface area (Å²) >= 11 is 0. The third kappa shape index (κ3) is 17.9. The van der Waals surface area contributed by atoms with Crippen LogP contribution in [0.4, 0.5) is 30.2 Å². The minimum absolute atomic E-state index is 0.260. The molecule has 0 unspecified atom stereocenters. The van der Waals surface area contributed by atoms with Crippen LogP contribution in [0.25, 0.3) is 66.8 Å². The molecule has 0 spiro atoms. The molecule has 0 heterocycles. The van der Waals surface area contributed by atoms with Crippen molar-refractivity contribution in [2.45, 2.75) is 11.9 Å². The lowest BCUT2D eigenvalue weighted by molar-refractivity contribution is -0.0500. The number of halogens is 3. The predicted octanol–water partition coefficient (Wildman–Crippen LogP) is 21.8. The normalized spacial score (nSPS) is 10.8. The summed E-state index contributed by atoms with van der Waals surface area (Å²) in [6, 6.07) is 114. The van der Waals surface area contributed by atoms with Crippen molar-refractivity contribution in [1.29, 1.82) is 0 Å². The van der Waals surface area contributed by atoms with E-state index in [2.05, 4.69) is 282 Å². The standard InChI is InChI=1S/C37H29NO.C31H24.C8H7F3O4S.C7H8O2/c1-39-35-24-22-34(23-25-35)38(33-20-17-30(18-21-33)28-11-5-2-6-12-28)37-26-19-32(29-13-7-3-8-14-29)27-36(37)31-15-9-4-10-16-31;1-4-10-25(11-5-1)27-18-16-24(17-19-27)22-30-21-20-29(26-12-6-2-7-13-26)23-31(30)28-14-8-3-9-15-28;1-14-6-2-4-7(5-3-6)15-16(12,13)8(9,10)11;1-9-7-4-2-6(8)3-5-7/h2-27H,1H3;1-21,23H,22H2;2-5H,1H3;2-5,8H,1H3. The molecule has 0 bridgehead atoms. The number of aromatic hydroxyl groups is 1. The first-order chi connectivity index (χ1) is 46.2. The minimum Gasteiger partial charge on any atom is -0.508 e. The number of ether oxygens (including phenoxy) is 3. The monoisotopic (exact) mass is 1280 g/mol. The van der Waals surface area contributed by atoms with E-state index >= 15 is 0 Å². The second kappa shape index (κ2) is 32.1. The number of phenolic OH excluding ortho intramolecular Hbond substituents is 1. The highest BCUT2D eigenvalue weighted by Gasteiger charge is 2.48. The van der Waals surface area contributed by atoms with Crippen molar-refractivity contribution in [3.8, 4) is 95.5 Å². The van der Waals surface area contributed by atoms with Crippen molar-refractivity contribution < 1.29 is 45.1 Å². The van der Waals surface area contributed by atoms with Crippen LogP contribution in [0.2, 0.25) is 0 Å². The van der Waals surface area contributed by atoms with Gasteiger partial charge in [0.05, 0.1) is 27.0 Å². The lowest BCUT2D eigenvalue weighted by atomic mass is 9.91. The fraction of sp³-hybridized carbons (Fsp3) is 0.0602. The summed E-state index contributed by atoms with van der Waals surface area (Å²) in [6.07, 6.45) is 0.911. The predicted molar refractivity (Wildman–Crippen MR) is 379 cm³/mol. The van der Waals surface area contributed by atoms with E-state index in [1.807, 2.05) is 18.2 Å². The van der Waals surface area contributed by atoms with Crippen LogP contribution in [0.1, 0.15) is 11.1 Å². The van der Waals surface area contributed by atoms with Crippen LogP contribution in [0.5, 0.6) is 28.7 Å². The molecule has 474 valence electrons. The fourth-order valence-electron chi connectivity index (χ4n) is 10.5. The molecular formula is C83H68F3NO7S. The van der Waals surface area contributed by atoms with Gasteiger partial charge in [-0.15, -0.1) is 0 Å². The summed E-state index contributed by atoms with van der Waals surface area (Å²) in [4.78, 5) is 2.32. The zero-order valence-corrected chi connectivity index (χ0v) is 53.2. The van der Waals surface area contributed by atoms with Crippen molar-refractivity contribution in [1.82, 2.24) is 0 Å². The van der Waals surface area contributed by atoms with Crippen LogP contribution in [0, 0.1) is 0 Å². The first-order valence-electron chi connectivity index (χ1n) is 30.5. The average Bonchev–Trinajstić information content (AvgIpc) is 0.792. The van der Waals surface area contributed by atoms with Crippen molar-refractivity contribution >= 4 is 27.2 Å². The van der Waals surface area contributed by atoms with Crippen LogP contribution in [0.3, 0.4) is 0 Å². The van der Waals surface area contributed by atoms with Crippen molar-refractivity contribution in [3.05, 3.63) is 351 Å². The molecule has 0 saturated carbocycles. The summed E-state index contributed by atoms with van der Waals surface area (Å²) in [5.74, 6) is 1.79. The Balaban J connectivity index is 0.000000155. The van der Waals surface area contributed by atoms with Gasteiger partial charge in [-0.2, -0.15) is 21.6 Å². The van der Waals surface area contributed by atoms with E-state index in [0.29, 0.717) is 5.75 Å². The fourth-order valence-corrected chi connectivity index (χ4v) is 10.9. The highest BCUT2D eigenvalue weighted by atomic mass is 32.2. The number of anilines is 3. The Bertz CT molecular complexity index is 4590. The van der Waals surface area contributed by atoms with E-state index in [1.54, 1.807) is 38.5 Å². The van der Waals surface area contributed by atoms with Gasteiger partial charge in [-0.1, -0.05) is 237 Å². The lowest BCUT2D eigenvalue weighted by Gasteiger charge is -2.28. The molecule has 0 aromatic heterocycles. The molecule has 1 N–H and O–H groups in total. The number of alkyl halides is 3. The van der Waals surface area contributed by atoms with Crippen LogP contribution in [-0.4, -0.2) is 40.4 Å². The van der Waals surface area contributed by atoms with Gasteiger partial charge in [0.15, 0.2) is 0 Å². The Hall–Kier alpha value is -11.6. The number of benzene rings is 13. The molecule has 13 rings (SSSR count). The first-order valence-corrected chi connectivity index (χ1v) is 31.9. The highest BCUT2D eigenvalue weighted by Crippen LogP contribution is 2.44. The third-order valence-electron chi connectivity index (χ3n) is 15.4. The summed E-state index contributed by atoms with van der Waals surface area (Å²) in [6.45, 7) is 0. The number of rotatable bonds is 16. The molecule has 8 nitrogen and oxygen atoms in total. The van der Waals surface area contributed by atoms with Gasteiger partial charge in [0, 0.05) is 16.9 Å². The zero-order valence-electron chi connectivity index (χ0n) is 52.4. The highest BCUT2D eigenvalue weighted by molar-refractivity contribution is 7.88. The summed E-state index contributed by atoms with van der Waals surface area (Å²) in [7, 11) is -0.959. The largest absolute Gasteiger partial charge is 0.534 e. The molecule has 13 aromatic rings. The van der Waals surface area contributed by atoms with Gasteiger partial charge in [-0.3, -0.25) is 0 Å². The molecule has 0 atom stereocenters. The van der Waals surface area contributed by atoms with Gasteiger partial charge in [0.1, 0.15) is 28.7 Å². The summed E-state index contributed by atoms with van der Waals surface area (Å²) in [5, 5.41) is 8.80. The molecule has 0 radical (unpaired) electrons. The molecule has 0 amide bonds. The Morgan fingerprint density at radius 2 is 0.642 bits per heavy atom. The SMILES string of the molecule is COc1ccc(N(c2ccc(-c3ccccc3)cc2)c2ccc(-c3ccccc3)cc2-c2ccccc2)cc1.COc1ccc(O)cc1.COc1ccc(OS(=O)(=O)C(F)(F)F)cc1.c1ccc(-c2ccc(Cc3ccc(-c4ccccc4)cc3-c3ccccc3)cc2)cc1. The van der Waals surface area contributed by atoms with Crippen molar-refractivity contribution in [2.24, 2.45) is 0 Å². The molecule has 0 saturated heterocycles. The van der Waals surface area contributed by atoms with Gasteiger partial charge in [-0.05, 0) is 182 Å². The van der Waals surface area contributed by atoms with E-state index in [9.17, 15) is 21.6 Å². The Kier molecular flexibility index (Phi) is 22.4. The van der Waals surface area contributed by atoms with Crippen molar-refractivity contribution in [3.63, 3.8) is 0 Å². The summed E-state index contributed by atoms with van der Waals surface area (Å²) in [5.41, 5.74) is 15.2. The van der Waals surface area contributed by atoms with Gasteiger partial charge in [0.25, 0.3) is 0 Å². The topological polar surface area (TPSA) is 94.5 Å². The maximum atomic E-state index is 11.9. The van der Waals surface area contributed by atoms with Crippen molar-refractivity contribution in [2.75, 3.05) is 26.2 Å². The molecule has 13 aromatic carbocycles. The van der Waals surface area contributed by atoms with Gasteiger partial charge < -0.3 is 28.4 Å². The molecule has 0 aliphatic rings.